The molecule has 28 heavy (non-hydrogen) atoms. The lowest BCUT2D eigenvalue weighted by Gasteiger charge is -2.19. The second-order valence-corrected chi connectivity index (χ2v) is 6.95. The highest BCUT2D eigenvalue weighted by molar-refractivity contribution is 6.31. The Labute approximate surface area is 169 Å². The van der Waals surface area contributed by atoms with Crippen LogP contribution in [-0.4, -0.2) is 11.8 Å². The molecule has 0 bridgehead atoms. The Kier molecular flexibility index (Phi) is 6.45. The first kappa shape index (κ1) is 19.6. The lowest BCUT2D eigenvalue weighted by atomic mass is 10.0. The predicted molar refractivity (Wildman–Crippen MR) is 113 cm³/mol. The summed E-state index contributed by atoms with van der Waals surface area (Å²) in [5, 5.41) is 6.41. The van der Waals surface area contributed by atoms with Crippen LogP contribution in [0.1, 0.15) is 33.9 Å². The molecule has 0 fully saturated rings. The summed E-state index contributed by atoms with van der Waals surface area (Å²) in [6, 6.07) is 23.3. The Morgan fingerprint density at radius 1 is 0.929 bits per heavy atom. The summed E-state index contributed by atoms with van der Waals surface area (Å²) in [7, 11) is 0. The van der Waals surface area contributed by atoms with Crippen LogP contribution in [0.5, 0.6) is 0 Å². The topological polar surface area (TPSA) is 58.2 Å². The van der Waals surface area contributed by atoms with Crippen molar-refractivity contribution >= 4 is 29.1 Å². The van der Waals surface area contributed by atoms with E-state index in [1.54, 1.807) is 36.4 Å². The van der Waals surface area contributed by atoms with Crippen LogP contribution in [0.3, 0.4) is 0 Å². The molecule has 3 rings (SSSR count). The largest absolute Gasteiger partial charge is 0.345 e. The summed E-state index contributed by atoms with van der Waals surface area (Å²) in [6.07, 6.45) is 0.106. The Morgan fingerprint density at radius 2 is 1.57 bits per heavy atom. The molecule has 5 heteroatoms. The fourth-order valence-corrected chi connectivity index (χ4v) is 3.06. The second kappa shape index (κ2) is 9.20. The van der Waals surface area contributed by atoms with Gasteiger partial charge in [-0.1, -0.05) is 66.2 Å². The van der Waals surface area contributed by atoms with Gasteiger partial charge in [0, 0.05) is 16.3 Å². The predicted octanol–water partition coefficient (Wildman–Crippen LogP) is 5.15. The maximum Gasteiger partial charge on any atom is 0.251 e. The van der Waals surface area contributed by atoms with Crippen LogP contribution >= 0.6 is 11.6 Å². The molecule has 1 atom stereocenters. The molecule has 0 unspecified atom stereocenters. The third-order valence-corrected chi connectivity index (χ3v) is 4.64. The molecular formula is C23H21ClN2O2. The molecule has 0 aliphatic heterocycles. The quantitative estimate of drug-likeness (QED) is 0.609. The Hall–Kier alpha value is -3.11. The molecule has 0 saturated carbocycles. The standard InChI is InChI=1S/C23H21ClN2O2/c1-16-12-13-19(24)14-20(16)25-22(27)15-21(17-8-4-2-5-9-17)26-23(28)18-10-6-3-7-11-18/h2-14,21H,15H2,1H3,(H,25,27)(H,26,28)/t21-/m1/s1. The van der Waals surface area contributed by atoms with Crippen molar-refractivity contribution in [2.24, 2.45) is 0 Å². The fraction of sp³-hybridized carbons (Fsp3) is 0.130. The van der Waals surface area contributed by atoms with E-state index in [4.69, 9.17) is 11.6 Å². The van der Waals surface area contributed by atoms with E-state index in [0.29, 0.717) is 16.3 Å². The van der Waals surface area contributed by atoms with E-state index in [0.717, 1.165) is 11.1 Å². The van der Waals surface area contributed by atoms with E-state index >= 15 is 0 Å². The number of halogens is 1. The maximum absolute atomic E-state index is 12.7. The number of hydrogen-bond donors (Lipinski definition) is 2. The highest BCUT2D eigenvalue weighted by Crippen LogP contribution is 2.22. The minimum absolute atomic E-state index is 0.106. The first-order valence-corrected chi connectivity index (χ1v) is 9.37. The summed E-state index contributed by atoms with van der Waals surface area (Å²) in [5.74, 6) is -0.422. The van der Waals surface area contributed by atoms with E-state index in [2.05, 4.69) is 10.6 Å². The van der Waals surface area contributed by atoms with Gasteiger partial charge in [-0.25, -0.2) is 0 Å². The summed E-state index contributed by atoms with van der Waals surface area (Å²) in [5.41, 5.74) is 3.00. The van der Waals surface area contributed by atoms with Crippen LogP contribution in [0.4, 0.5) is 5.69 Å². The van der Waals surface area contributed by atoms with Gasteiger partial charge in [-0.05, 0) is 42.3 Å². The van der Waals surface area contributed by atoms with Crippen LogP contribution in [-0.2, 0) is 4.79 Å². The Balaban J connectivity index is 1.76. The number of benzene rings is 3. The van der Waals surface area contributed by atoms with Crippen LogP contribution in [0.2, 0.25) is 5.02 Å². The first-order valence-electron chi connectivity index (χ1n) is 9.00. The number of amides is 2. The number of hydrogen-bond acceptors (Lipinski definition) is 2. The van der Waals surface area contributed by atoms with Crippen LogP contribution in [0, 0.1) is 6.92 Å². The van der Waals surface area contributed by atoms with Crippen molar-refractivity contribution in [3.05, 3.63) is 101 Å². The number of rotatable bonds is 6. The van der Waals surface area contributed by atoms with Crippen molar-refractivity contribution < 1.29 is 9.59 Å². The molecule has 3 aromatic carbocycles. The van der Waals surface area contributed by atoms with E-state index in [9.17, 15) is 9.59 Å². The molecule has 2 amide bonds. The van der Waals surface area contributed by atoms with Crippen molar-refractivity contribution in [2.75, 3.05) is 5.32 Å². The van der Waals surface area contributed by atoms with Crippen molar-refractivity contribution in [1.29, 1.82) is 0 Å². The lowest BCUT2D eigenvalue weighted by Crippen LogP contribution is -2.31. The van der Waals surface area contributed by atoms with Gasteiger partial charge in [0.05, 0.1) is 12.5 Å². The smallest absolute Gasteiger partial charge is 0.251 e. The molecule has 0 heterocycles. The Bertz CT molecular complexity index is 959. The summed E-state index contributed by atoms with van der Waals surface area (Å²) in [4.78, 5) is 25.3. The fourth-order valence-electron chi connectivity index (χ4n) is 2.88. The van der Waals surface area contributed by atoms with Crippen LogP contribution in [0.25, 0.3) is 0 Å². The van der Waals surface area contributed by atoms with Gasteiger partial charge in [0.15, 0.2) is 0 Å². The number of nitrogens with one attached hydrogen (secondary N) is 2. The van der Waals surface area contributed by atoms with Crippen molar-refractivity contribution in [2.45, 2.75) is 19.4 Å². The van der Waals surface area contributed by atoms with Gasteiger partial charge in [0.25, 0.3) is 5.91 Å². The number of aryl methyl sites for hydroxylation is 1. The van der Waals surface area contributed by atoms with Crippen LogP contribution < -0.4 is 10.6 Å². The van der Waals surface area contributed by atoms with E-state index in [-0.39, 0.29) is 18.2 Å². The lowest BCUT2D eigenvalue weighted by molar-refractivity contribution is -0.116. The van der Waals surface area contributed by atoms with E-state index in [1.807, 2.05) is 49.4 Å². The van der Waals surface area contributed by atoms with Gasteiger partial charge in [-0.2, -0.15) is 0 Å². The maximum atomic E-state index is 12.7. The average Bonchev–Trinajstić information content (AvgIpc) is 2.71. The van der Waals surface area contributed by atoms with Crippen molar-refractivity contribution in [3.8, 4) is 0 Å². The molecule has 2 N–H and O–H groups in total. The molecular weight excluding hydrogens is 372 g/mol. The molecule has 3 aromatic rings. The van der Waals surface area contributed by atoms with Gasteiger partial charge < -0.3 is 10.6 Å². The normalized spacial score (nSPS) is 11.5. The third kappa shape index (κ3) is 5.21. The van der Waals surface area contributed by atoms with Gasteiger partial charge >= 0.3 is 0 Å². The molecule has 0 aromatic heterocycles. The summed E-state index contributed by atoms with van der Waals surface area (Å²) >= 11 is 6.03. The second-order valence-electron chi connectivity index (χ2n) is 6.51. The average molecular weight is 393 g/mol. The number of carbonyl (C=O) groups excluding carboxylic acids is 2. The zero-order chi connectivity index (χ0) is 19.9. The highest BCUT2D eigenvalue weighted by Gasteiger charge is 2.19. The Morgan fingerprint density at radius 3 is 2.25 bits per heavy atom. The number of carbonyl (C=O) groups is 2. The number of anilines is 1. The third-order valence-electron chi connectivity index (χ3n) is 4.41. The molecule has 0 aliphatic rings. The van der Waals surface area contributed by atoms with E-state index in [1.165, 1.54) is 0 Å². The van der Waals surface area contributed by atoms with E-state index < -0.39 is 6.04 Å². The van der Waals surface area contributed by atoms with Gasteiger partial charge in [0.2, 0.25) is 5.91 Å². The molecule has 0 radical (unpaired) electrons. The summed E-state index contributed by atoms with van der Waals surface area (Å²) in [6.45, 7) is 1.90. The minimum Gasteiger partial charge on any atom is -0.345 e. The van der Waals surface area contributed by atoms with Crippen molar-refractivity contribution in [1.82, 2.24) is 5.32 Å². The monoisotopic (exact) mass is 392 g/mol. The first-order chi connectivity index (χ1) is 13.5. The SMILES string of the molecule is Cc1ccc(Cl)cc1NC(=O)C[C@@H](NC(=O)c1ccccc1)c1ccccc1. The zero-order valence-electron chi connectivity index (χ0n) is 15.5. The molecule has 0 spiro atoms. The molecule has 0 aliphatic carbocycles. The molecule has 4 nitrogen and oxygen atoms in total. The van der Waals surface area contributed by atoms with Gasteiger partial charge in [-0.3, -0.25) is 9.59 Å². The zero-order valence-corrected chi connectivity index (χ0v) is 16.2. The van der Waals surface area contributed by atoms with Gasteiger partial charge in [0.1, 0.15) is 0 Å². The molecule has 0 saturated heterocycles. The highest BCUT2D eigenvalue weighted by atomic mass is 35.5. The molecule has 142 valence electrons. The minimum atomic E-state index is -0.451. The summed E-state index contributed by atoms with van der Waals surface area (Å²) < 4.78 is 0. The van der Waals surface area contributed by atoms with Crippen molar-refractivity contribution in [3.63, 3.8) is 0 Å². The van der Waals surface area contributed by atoms with Gasteiger partial charge in [-0.15, -0.1) is 0 Å². The van der Waals surface area contributed by atoms with Crippen LogP contribution in [0.15, 0.2) is 78.9 Å².